The van der Waals surface area contributed by atoms with Gasteiger partial charge in [-0.15, -0.1) is 0 Å². The number of carbonyl (C=O) groups excluding carboxylic acids is 1. The van der Waals surface area contributed by atoms with Crippen molar-refractivity contribution in [2.45, 2.75) is 91.6 Å². The van der Waals surface area contributed by atoms with Crippen LogP contribution in [0.1, 0.15) is 97.6 Å². The number of rotatable bonds is 3. The molecule has 3 heteroatoms. The maximum atomic E-state index is 12.7. The average Bonchev–Trinajstić information content (AvgIpc) is 2.59. The van der Waals surface area contributed by atoms with Crippen molar-refractivity contribution in [2.75, 3.05) is 0 Å². The molecule has 1 unspecified atom stereocenters. The standard InChI is InChI=1S/C27H38O3/c1-18(19-14-12-11-13-15-19)29-24(28)30-23-17-21(26(5,6)7)20(25(2,3)4)16-22(23)27(8,9)10/h11-18H,1-10H3. The summed E-state index contributed by atoms with van der Waals surface area (Å²) in [7, 11) is 0. The number of hydrogen-bond donors (Lipinski definition) is 0. The molecule has 0 aliphatic heterocycles. The zero-order valence-electron chi connectivity index (χ0n) is 20.3. The van der Waals surface area contributed by atoms with Crippen LogP contribution in [-0.2, 0) is 21.0 Å². The molecule has 0 bridgehead atoms. The molecule has 0 saturated carbocycles. The highest BCUT2D eigenvalue weighted by Crippen LogP contribution is 2.42. The van der Waals surface area contributed by atoms with Gasteiger partial charge in [-0.3, -0.25) is 0 Å². The molecule has 1 atom stereocenters. The molecule has 0 heterocycles. The fraction of sp³-hybridized carbons (Fsp3) is 0.519. The van der Waals surface area contributed by atoms with Gasteiger partial charge in [-0.05, 0) is 45.9 Å². The van der Waals surface area contributed by atoms with Crippen LogP contribution in [0.3, 0.4) is 0 Å². The van der Waals surface area contributed by atoms with Gasteiger partial charge in [0.05, 0.1) is 0 Å². The maximum Gasteiger partial charge on any atom is 0.514 e. The van der Waals surface area contributed by atoms with E-state index in [0.29, 0.717) is 5.75 Å². The smallest absolute Gasteiger partial charge is 0.426 e. The van der Waals surface area contributed by atoms with Crippen LogP contribution in [-0.4, -0.2) is 6.16 Å². The summed E-state index contributed by atoms with van der Waals surface area (Å²) < 4.78 is 11.4. The van der Waals surface area contributed by atoms with Crippen LogP contribution in [0, 0.1) is 0 Å². The van der Waals surface area contributed by atoms with Gasteiger partial charge < -0.3 is 9.47 Å². The number of hydrogen-bond acceptors (Lipinski definition) is 3. The molecule has 0 aromatic heterocycles. The Morgan fingerprint density at radius 3 is 1.67 bits per heavy atom. The lowest BCUT2D eigenvalue weighted by Crippen LogP contribution is -2.25. The molecular formula is C27H38O3. The van der Waals surface area contributed by atoms with Gasteiger partial charge in [0.15, 0.2) is 0 Å². The summed E-state index contributed by atoms with van der Waals surface area (Å²) in [6, 6.07) is 13.9. The van der Waals surface area contributed by atoms with E-state index in [9.17, 15) is 4.79 Å². The van der Waals surface area contributed by atoms with Gasteiger partial charge in [0.2, 0.25) is 0 Å². The third-order valence-electron chi connectivity index (χ3n) is 5.28. The van der Waals surface area contributed by atoms with E-state index in [4.69, 9.17) is 9.47 Å². The van der Waals surface area contributed by atoms with E-state index in [0.717, 1.165) is 11.1 Å². The van der Waals surface area contributed by atoms with Gasteiger partial charge in [-0.2, -0.15) is 0 Å². The Morgan fingerprint density at radius 1 is 0.733 bits per heavy atom. The van der Waals surface area contributed by atoms with Gasteiger partial charge in [0, 0.05) is 5.56 Å². The monoisotopic (exact) mass is 410 g/mol. The third-order valence-corrected chi connectivity index (χ3v) is 5.28. The van der Waals surface area contributed by atoms with Crippen LogP contribution in [0.5, 0.6) is 5.75 Å². The zero-order chi connectivity index (χ0) is 22.9. The van der Waals surface area contributed by atoms with E-state index in [1.54, 1.807) is 0 Å². The van der Waals surface area contributed by atoms with Gasteiger partial charge in [-0.1, -0.05) is 98.7 Å². The van der Waals surface area contributed by atoms with Crippen LogP contribution in [0.25, 0.3) is 0 Å². The first-order chi connectivity index (χ1) is 13.6. The Labute approximate surface area is 182 Å². The fourth-order valence-electron chi connectivity index (χ4n) is 3.54. The van der Waals surface area contributed by atoms with Crippen molar-refractivity contribution in [1.29, 1.82) is 0 Å². The van der Waals surface area contributed by atoms with Crippen molar-refractivity contribution < 1.29 is 14.3 Å². The molecule has 0 spiro atoms. The summed E-state index contributed by atoms with van der Waals surface area (Å²) in [6.07, 6.45) is -1.06. The Balaban J connectivity index is 2.46. The van der Waals surface area contributed by atoms with Crippen molar-refractivity contribution in [3.05, 3.63) is 64.7 Å². The zero-order valence-corrected chi connectivity index (χ0v) is 20.3. The van der Waals surface area contributed by atoms with Gasteiger partial charge in [-0.25, -0.2) is 4.79 Å². The first-order valence-corrected chi connectivity index (χ1v) is 10.7. The summed E-state index contributed by atoms with van der Waals surface area (Å²) in [5.74, 6) is 0.575. The summed E-state index contributed by atoms with van der Waals surface area (Å²) in [4.78, 5) is 12.7. The van der Waals surface area contributed by atoms with Crippen LogP contribution < -0.4 is 4.74 Å². The molecule has 3 nitrogen and oxygen atoms in total. The summed E-state index contributed by atoms with van der Waals surface area (Å²) in [6.45, 7) is 21.5. The Hall–Kier alpha value is -2.29. The summed E-state index contributed by atoms with van der Waals surface area (Å²) in [5.41, 5.74) is 4.10. The molecule has 0 fully saturated rings. The minimum Gasteiger partial charge on any atom is -0.426 e. The lowest BCUT2D eigenvalue weighted by atomic mass is 9.72. The van der Waals surface area contributed by atoms with E-state index < -0.39 is 6.16 Å². The van der Waals surface area contributed by atoms with Crippen molar-refractivity contribution in [1.82, 2.24) is 0 Å². The molecule has 2 aromatic rings. The SMILES string of the molecule is CC(OC(=O)Oc1cc(C(C)(C)C)c(C(C)(C)C)cc1C(C)(C)C)c1ccccc1. The molecular weight excluding hydrogens is 372 g/mol. The van der Waals surface area contributed by atoms with Crippen molar-refractivity contribution >= 4 is 6.16 Å². The van der Waals surface area contributed by atoms with E-state index in [-0.39, 0.29) is 22.3 Å². The number of ether oxygens (including phenoxy) is 2. The summed E-state index contributed by atoms with van der Waals surface area (Å²) >= 11 is 0. The van der Waals surface area contributed by atoms with Crippen molar-refractivity contribution in [3.8, 4) is 5.75 Å². The Morgan fingerprint density at radius 2 is 1.20 bits per heavy atom. The third kappa shape index (κ3) is 5.87. The van der Waals surface area contributed by atoms with Crippen LogP contribution in [0.15, 0.2) is 42.5 Å². The van der Waals surface area contributed by atoms with E-state index in [2.05, 4.69) is 68.4 Å². The molecule has 0 N–H and O–H groups in total. The predicted molar refractivity (Wildman–Crippen MR) is 125 cm³/mol. The van der Waals surface area contributed by atoms with Gasteiger partial charge >= 0.3 is 6.16 Å². The first kappa shape index (κ1) is 24.0. The number of benzene rings is 2. The van der Waals surface area contributed by atoms with Gasteiger partial charge in [0.25, 0.3) is 0 Å². The van der Waals surface area contributed by atoms with Crippen LogP contribution >= 0.6 is 0 Å². The van der Waals surface area contributed by atoms with E-state index >= 15 is 0 Å². The topological polar surface area (TPSA) is 35.5 Å². The highest BCUT2D eigenvalue weighted by Gasteiger charge is 2.31. The molecule has 0 saturated heterocycles. The molecule has 2 aromatic carbocycles. The molecule has 0 amide bonds. The molecule has 0 aliphatic rings. The highest BCUT2D eigenvalue weighted by molar-refractivity contribution is 5.66. The second-order valence-corrected chi connectivity index (χ2v) is 11.2. The lowest BCUT2D eigenvalue weighted by Gasteiger charge is -2.33. The molecule has 0 aliphatic carbocycles. The molecule has 164 valence electrons. The van der Waals surface area contributed by atoms with Crippen molar-refractivity contribution in [2.24, 2.45) is 0 Å². The highest BCUT2D eigenvalue weighted by atomic mass is 16.7. The fourth-order valence-corrected chi connectivity index (χ4v) is 3.54. The maximum absolute atomic E-state index is 12.7. The average molecular weight is 411 g/mol. The molecule has 0 radical (unpaired) electrons. The quantitative estimate of drug-likeness (QED) is 0.382. The summed E-state index contributed by atoms with van der Waals surface area (Å²) in [5, 5.41) is 0. The van der Waals surface area contributed by atoms with E-state index in [1.807, 2.05) is 43.3 Å². The first-order valence-electron chi connectivity index (χ1n) is 10.7. The van der Waals surface area contributed by atoms with Gasteiger partial charge in [0.1, 0.15) is 11.9 Å². The second-order valence-electron chi connectivity index (χ2n) is 11.2. The minimum atomic E-state index is -0.680. The van der Waals surface area contributed by atoms with Crippen molar-refractivity contribution in [3.63, 3.8) is 0 Å². The largest absolute Gasteiger partial charge is 0.514 e. The minimum absolute atomic E-state index is 0.0243. The Kier molecular flexibility index (Phi) is 6.76. The van der Waals surface area contributed by atoms with Crippen LogP contribution in [0.2, 0.25) is 0 Å². The van der Waals surface area contributed by atoms with Crippen LogP contribution in [0.4, 0.5) is 4.79 Å². The lowest BCUT2D eigenvalue weighted by molar-refractivity contribution is 0.0649. The normalized spacial score (nSPS) is 13.7. The van der Waals surface area contributed by atoms with E-state index in [1.165, 1.54) is 11.1 Å². The molecule has 30 heavy (non-hydrogen) atoms. The second kappa shape index (κ2) is 8.45. The molecule has 2 rings (SSSR count). The predicted octanol–water partition coefficient (Wildman–Crippen LogP) is 7.86. The number of carbonyl (C=O) groups is 1. The Bertz CT molecular complexity index is 875.